The fraction of sp³-hybridized carbons (Fsp3) is 0.364. The predicted octanol–water partition coefficient (Wildman–Crippen LogP) is 1.47. The van der Waals surface area contributed by atoms with E-state index in [1.54, 1.807) is 12.1 Å². The number of carboxylic acids is 1. The van der Waals surface area contributed by atoms with Gasteiger partial charge in [0.2, 0.25) is 0 Å². The van der Waals surface area contributed by atoms with Crippen LogP contribution in [0.3, 0.4) is 0 Å². The van der Waals surface area contributed by atoms with E-state index in [-0.39, 0.29) is 5.56 Å². The topological polar surface area (TPSA) is 72.5 Å². The molecule has 0 saturated carbocycles. The Labute approximate surface area is 87.7 Å². The summed E-state index contributed by atoms with van der Waals surface area (Å²) >= 11 is 0. The van der Waals surface area contributed by atoms with Gasteiger partial charge < -0.3 is 15.6 Å². The summed E-state index contributed by atoms with van der Waals surface area (Å²) in [5, 5.41) is 8.92. The molecule has 0 aliphatic carbocycles. The SMILES string of the molecule is Nc1ccc(C2CCOC2)cc1C(=O)O. The van der Waals surface area contributed by atoms with E-state index in [0.717, 1.165) is 18.6 Å². The number of nitrogen functional groups attached to an aromatic ring is 1. The molecule has 1 aromatic rings. The lowest BCUT2D eigenvalue weighted by molar-refractivity contribution is 0.0698. The first-order valence-electron chi connectivity index (χ1n) is 4.89. The maximum atomic E-state index is 10.9. The summed E-state index contributed by atoms with van der Waals surface area (Å²) in [4.78, 5) is 10.9. The molecule has 1 aliphatic heterocycles. The van der Waals surface area contributed by atoms with Gasteiger partial charge in [0.05, 0.1) is 12.2 Å². The van der Waals surface area contributed by atoms with Crippen molar-refractivity contribution in [2.24, 2.45) is 0 Å². The van der Waals surface area contributed by atoms with Crippen LogP contribution >= 0.6 is 0 Å². The number of anilines is 1. The van der Waals surface area contributed by atoms with E-state index in [2.05, 4.69) is 0 Å². The molecular weight excluding hydrogens is 194 g/mol. The van der Waals surface area contributed by atoms with Gasteiger partial charge in [0.1, 0.15) is 0 Å². The van der Waals surface area contributed by atoms with Crippen molar-refractivity contribution in [1.82, 2.24) is 0 Å². The van der Waals surface area contributed by atoms with Crippen molar-refractivity contribution in [3.63, 3.8) is 0 Å². The molecule has 2 rings (SSSR count). The van der Waals surface area contributed by atoms with Crippen molar-refractivity contribution in [1.29, 1.82) is 0 Å². The van der Waals surface area contributed by atoms with Gasteiger partial charge in [0, 0.05) is 18.2 Å². The van der Waals surface area contributed by atoms with Gasteiger partial charge in [-0.3, -0.25) is 0 Å². The van der Waals surface area contributed by atoms with Crippen LogP contribution in [0.1, 0.15) is 28.3 Å². The van der Waals surface area contributed by atoms with E-state index in [1.807, 2.05) is 6.07 Å². The first-order valence-corrected chi connectivity index (χ1v) is 4.89. The number of hydrogen-bond donors (Lipinski definition) is 2. The predicted molar refractivity (Wildman–Crippen MR) is 56.0 cm³/mol. The molecule has 1 saturated heterocycles. The molecule has 15 heavy (non-hydrogen) atoms. The van der Waals surface area contributed by atoms with Crippen LogP contribution in [0.4, 0.5) is 5.69 Å². The molecule has 0 bridgehead atoms. The molecule has 1 unspecified atom stereocenters. The lowest BCUT2D eigenvalue weighted by atomic mass is 9.96. The van der Waals surface area contributed by atoms with Gasteiger partial charge >= 0.3 is 5.97 Å². The average Bonchev–Trinajstić information content (AvgIpc) is 2.71. The smallest absolute Gasteiger partial charge is 0.337 e. The molecule has 1 heterocycles. The number of hydrogen-bond acceptors (Lipinski definition) is 3. The van der Waals surface area contributed by atoms with E-state index < -0.39 is 5.97 Å². The molecular formula is C11H13NO3. The van der Waals surface area contributed by atoms with Crippen molar-refractivity contribution in [2.75, 3.05) is 18.9 Å². The van der Waals surface area contributed by atoms with Crippen LogP contribution in [-0.4, -0.2) is 24.3 Å². The molecule has 1 aliphatic rings. The van der Waals surface area contributed by atoms with Crippen molar-refractivity contribution in [3.05, 3.63) is 29.3 Å². The third kappa shape index (κ3) is 1.94. The van der Waals surface area contributed by atoms with Crippen LogP contribution in [0.2, 0.25) is 0 Å². The van der Waals surface area contributed by atoms with Gasteiger partial charge in [-0.25, -0.2) is 4.79 Å². The minimum absolute atomic E-state index is 0.180. The molecule has 0 radical (unpaired) electrons. The highest BCUT2D eigenvalue weighted by atomic mass is 16.5. The molecule has 3 N–H and O–H groups in total. The molecule has 80 valence electrons. The monoisotopic (exact) mass is 207 g/mol. The molecule has 1 atom stereocenters. The largest absolute Gasteiger partial charge is 0.478 e. The quantitative estimate of drug-likeness (QED) is 0.720. The summed E-state index contributed by atoms with van der Waals surface area (Å²) in [5.74, 6) is -0.669. The van der Waals surface area contributed by atoms with E-state index in [0.29, 0.717) is 18.2 Å². The lowest BCUT2D eigenvalue weighted by Crippen LogP contribution is -2.05. The molecule has 0 spiro atoms. The highest BCUT2D eigenvalue weighted by Gasteiger charge is 2.19. The second-order valence-electron chi connectivity index (χ2n) is 3.71. The van der Waals surface area contributed by atoms with Gasteiger partial charge in [0.15, 0.2) is 0 Å². The first-order chi connectivity index (χ1) is 7.18. The van der Waals surface area contributed by atoms with Crippen LogP contribution in [0.25, 0.3) is 0 Å². The maximum absolute atomic E-state index is 10.9. The third-order valence-electron chi connectivity index (χ3n) is 2.71. The molecule has 1 aromatic carbocycles. The van der Waals surface area contributed by atoms with Crippen molar-refractivity contribution < 1.29 is 14.6 Å². The zero-order valence-corrected chi connectivity index (χ0v) is 8.27. The first kappa shape index (κ1) is 9.98. The Kier molecular flexibility index (Phi) is 2.60. The van der Waals surface area contributed by atoms with Gasteiger partial charge in [-0.15, -0.1) is 0 Å². The van der Waals surface area contributed by atoms with E-state index >= 15 is 0 Å². The summed E-state index contributed by atoms with van der Waals surface area (Å²) in [6, 6.07) is 5.18. The van der Waals surface area contributed by atoms with E-state index in [1.165, 1.54) is 0 Å². The Morgan fingerprint density at radius 1 is 1.53 bits per heavy atom. The number of nitrogens with two attached hydrogens (primary N) is 1. The van der Waals surface area contributed by atoms with Crippen LogP contribution in [0.5, 0.6) is 0 Å². The van der Waals surface area contributed by atoms with Gasteiger partial charge in [-0.1, -0.05) is 6.07 Å². The van der Waals surface area contributed by atoms with Gasteiger partial charge in [-0.05, 0) is 24.1 Å². The molecule has 4 nitrogen and oxygen atoms in total. The summed E-state index contributed by atoms with van der Waals surface area (Å²) < 4.78 is 5.26. The number of benzene rings is 1. The number of aromatic carboxylic acids is 1. The van der Waals surface area contributed by atoms with Crippen molar-refractivity contribution in [3.8, 4) is 0 Å². The number of rotatable bonds is 2. The lowest BCUT2D eigenvalue weighted by Gasteiger charge is -2.10. The average molecular weight is 207 g/mol. The van der Waals surface area contributed by atoms with E-state index in [9.17, 15) is 4.79 Å². The third-order valence-corrected chi connectivity index (χ3v) is 2.71. The van der Waals surface area contributed by atoms with Crippen molar-refractivity contribution in [2.45, 2.75) is 12.3 Å². The van der Waals surface area contributed by atoms with Crippen LogP contribution in [0.15, 0.2) is 18.2 Å². The minimum atomic E-state index is -0.978. The highest BCUT2D eigenvalue weighted by molar-refractivity contribution is 5.93. The number of carboxylic acid groups (broad SMARTS) is 1. The van der Waals surface area contributed by atoms with Gasteiger partial charge in [0.25, 0.3) is 0 Å². The Balaban J connectivity index is 2.33. The van der Waals surface area contributed by atoms with Crippen molar-refractivity contribution >= 4 is 11.7 Å². The molecule has 1 fully saturated rings. The second-order valence-corrected chi connectivity index (χ2v) is 3.71. The second kappa shape index (κ2) is 3.90. The zero-order chi connectivity index (χ0) is 10.8. The Hall–Kier alpha value is -1.55. The fourth-order valence-corrected chi connectivity index (χ4v) is 1.81. The standard InChI is InChI=1S/C11H13NO3/c12-10-2-1-7(5-9(10)11(13)14)8-3-4-15-6-8/h1-2,5,8H,3-4,6,12H2,(H,13,14). The molecule has 0 aromatic heterocycles. The van der Waals surface area contributed by atoms with Crippen LogP contribution < -0.4 is 5.73 Å². The normalized spacial score (nSPS) is 20.4. The summed E-state index contributed by atoms with van der Waals surface area (Å²) in [7, 11) is 0. The highest BCUT2D eigenvalue weighted by Crippen LogP contribution is 2.27. The molecule has 4 heteroatoms. The minimum Gasteiger partial charge on any atom is -0.478 e. The van der Waals surface area contributed by atoms with Crippen LogP contribution in [0, 0.1) is 0 Å². The Morgan fingerprint density at radius 3 is 2.93 bits per heavy atom. The summed E-state index contributed by atoms with van der Waals surface area (Å²) in [6.45, 7) is 1.42. The number of ether oxygens (including phenoxy) is 1. The fourth-order valence-electron chi connectivity index (χ4n) is 1.81. The zero-order valence-electron chi connectivity index (χ0n) is 8.27. The maximum Gasteiger partial charge on any atom is 0.337 e. The summed E-state index contributed by atoms with van der Waals surface area (Å²) in [5.41, 5.74) is 7.07. The molecule has 0 amide bonds. The van der Waals surface area contributed by atoms with Gasteiger partial charge in [-0.2, -0.15) is 0 Å². The van der Waals surface area contributed by atoms with E-state index in [4.69, 9.17) is 15.6 Å². The Bertz CT molecular complexity index is 383. The van der Waals surface area contributed by atoms with Crippen LogP contribution in [-0.2, 0) is 4.74 Å². The Morgan fingerprint density at radius 2 is 2.33 bits per heavy atom. The number of carbonyl (C=O) groups is 1. The summed E-state index contributed by atoms with van der Waals surface area (Å²) in [6.07, 6.45) is 0.947.